The Morgan fingerprint density at radius 2 is 1.11 bits per heavy atom. The molecule has 0 saturated carbocycles. The van der Waals surface area contributed by atoms with Gasteiger partial charge < -0.3 is 14.7 Å². The molecule has 24 heteroatoms. The second kappa shape index (κ2) is 43.7. The molecule has 5 unspecified atom stereocenters. The molecule has 0 aromatic heterocycles. The van der Waals surface area contributed by atoms with E-state index in [9.17, 15) is 42.9 Å². The first-order valence-electron chi connectivity index (χ1n) is 18.2. The van der Waals surface area contributed by atoms with E-state index in [1.54, 1.807) is 0 Å². The van der Waals surface area contributed by atoms with Gasteiger partial charge in [0.25, 0.3) is 0 Å². The van der Waals surface area contributed by atoms with Gasteiger partial charge in [0.15, 0.2) is 0 Å². The number of hydrogen-bond acceptors (Lipinski definition) is 19. The number of methoxy groups -OCH3 is 4. The Hall–Kier alpha value is -3.44. The van der Waals surface area contributed by atoms with Crippen LogP contribution in [0.3, 0.4) is 0 Å². The molecule has 0 radical (unpaired) electrons. The molecule has 1 aliphatic rings. The zero-order chi connectivity index (χ0) is 44.4. The first kappa shape index (κ1) is 60.2. The Bertz CT molecular complexity index is 1100. The molecule has 20 nitrogen and oxygen atoms in total. The minimum atomic E-state index is -1.09. The maximum Gasteiger partial charge on any atom is 0.305 e. The number of thioether (sulfide) groups is 1. The van der Waals surface area contributed by atoms with Crippen LogP contribution in [0.2, 0.25) is 0 Å². The van der Waals surface area contributed by atoms with Crippen molar-refractivity contribution in [3.63, 3.8) is 0 Å². The van der Waals surface area contributed by atoms with E-state index in [2.05, 4.69) is 46.8 Å². The van der Waals surface area contributed by atoms with E-state index in [1.165, 1.54) is 40.2 Å². The number of rotatable bonds is 27. The summed E-state index contributed by atoms with van der Waals surface area (Å²) in [6.45, 7) is 5.00. The fourth-order valence-corrected chi connectivity index (χ4v) is 4.35. The van der Waals surface area contributed by atoms with Crippen LogP contribution in [0.15, 0.2) is 0 Å². The Labute approximate surface area is 341 Å². The van der Waals surface area contributed by atoms with Crippen molar-refractivity contribution in [2.75, 3.05) is 79.5 Å². The molecule has 0 aromatic rings. The van der Waals surface area contributed by atoms with Crippen LogP contribution in [-0.4, -0.2) is 181 Å². The van der Waals surface area contributed by atoms with Crippen molar-refractivity contribution < 1.29 is 77.1 Å². The average molecular weight is 836 g/mol. The topological polar surface area (TPSA) is 290 Å². The number of aliphatic hydroxyl groups is 1. The van der Waals surface area contributed by atoms with Gasteiger partial charge >= 0.3 is 248 Å². The van der Waals surface area contributed by atoms with Gasteiger partial charge in [-0.3, -0.25) is 9.59 Å². The van der Waals surface area contributed by atoms with Gasteiger partial charge in [-0.05, 0) is 19.2 Å². The van der Waals surface area contributed by atoms with E-state index >= 15 is 0 Å². The fourth-order valence-electron chi connectivity index (χ4n) is 3.97. The number of carbonyl (C=O) groups is 6. The van der Waals surface area contributed by atoms with Gasteiger partial charge in [0, 0.05) is 19.0 Å². The third-order valence-electron chi connectivity index (χ3n) is 7.48. The second-order valence-corrected chi connectivity index (χ2v) is 13.0. The van der Waals surface area contributed by atoms with Crippen molar-refractivity contribution in [3.05, 3.63) is 0 Å². The minimum Gasteiger partial charge on any atom is -0.469 e. The van der Waals surface area contributed by atoms with Crippen LogP contribution >= 0.6 is 11.8 Å². The molecule has 326 valence electrons. The molecule has 1 saturated heterocycles. The third-order valence-corrected chi connectivity index (χ3v) is 8.34. The van der Waals surface area contributed by atoms with E-state index in [-0.39, 0.29) is 74.5 Å². The molecule has 0 amide bonds. The van der Waals surface area contributed by atoms with Crippen LogP contribution in [0, 0.1) is 0 Å². The van der Waals surface area contributed by atoms with Crippen molar-refractivity contribution in [3.8, 4) is 0 Å². The fraction of sp³-hybridized carbons (Fsp3) is 0.818. The van der Waals surface area contributed by atoms with E-state index in [4.69, 9.17) is 15.3 Å². The zero-order valence-electron chi connectivity index (χ0n) is 34.4. The molecule has 57 heavy (non-hydrogen) atoms. The molecule has 1 fully saturated rings. The monoisotopic (exact) mass is 836 g/mol. The van der Waals surface area contributed by atoms with Crippen molar-refractivity contribution in [2.24, 2.45) is 0 Å². The Morgan fingerprint density at radius 3 is 1.44 bits per heavy atom. The molecule has 6 N–H and O–H groups in total. The molecular formula is C33H63B3N4O16S. The number of carboxylic acid groups (broad SMARTS) is 2. The Morgan fingerprint density at radius 1 is 0.702 bits per heavy atom. The van der Waals surface area contributed by atoms with Gasteiger partial charge in [-0.15, -0.1) is 0 Å². The van der Waals surface area contributed by atoms with E-state index in [1.807, 2.05) is 13.8 Å². The predicted octanol–water partition coefficient (Wildman–Crippen LogP) is -0.720. The molecule has 1 rings (SSSR count). The number of likely N-dealkylation sites (N-methyl/N-ethyl adjacent to an activating group) is 1. The smallest absolute Gasteiger partial charge is 0.305 e. The van der Waals surface area contributed by atoms with E-state index < -0.39 is 23.9 Å². The molecular weight excluding hydrogens is 773 g/mol. The predicted molar refractivity (Wildman–Crippen MR) is 212 cm³/mol. The van der Waals surface area contributed by atoms with Gasteiger partial charge in [0.2, 0.25) is 0 Å². The summed E-state index contributed by atoms with van der Waals surface area (Å²) in [6, 6.07) is -0.244. The Balaban J connectivity index is -0.000000313. The number of hydrogen-bond donors (Lipinski definition) is 6. The van der Waals surface area contributed by atoms with Gasteiger partial charge in [-0.25, -0.2) is 0 Å². The number of aliphatic hydroxyl groups excluding tert-OH is 1. The normalized spacial score (nSPS) is 14.5. The van der Waals surface area contributed by atoms with Gasteiger partial charge in [0.1, 0.15) is 0 Å². The number of nitrogens with one attached hydrogen (secondary N) is 3. The van der Waals surface area contributed by atoms with Crippen LogP contribution < -0.4 is 16.0 Å². The summed E-state index contributed by atoms with van der Waals surface area (Å²) in [5.74, 6) is -1.78. The molecule has 0 bridgehead atoms. The summed E-state index contributed by atoms with van der Waals surface area (Å²) >= 11 is 1.42. The quantitative estimate of drug-likeness (QED) is 0.0258. The SMILES string of the molecule is CCC(CCC(=O)OC)NCB=O.CCSCC(=O)O.COC(=O)CCC(CO)NCB=O.COC(=O)CCC(NCB=O)C(=O)O.COC(=O)CCC1CN1C. The van der Waals surface area contributed by atoms with Crippen LogP contribution in [-0.2, 0) is 61.8 Å². The van der Waals surface area contributed by atoms with Crippen molar-refractivity contribution in [1.29, 1.82) is 0 Å². The average Bonchev–Trinajstić information content (AvgIpc) is 3.93. The number of carbonyl (C=O) groups excluding carboxylic acids is 4. The molecule has 0 aliphatic carbocycles. The Kier molecular flexibility index (Phi) is 46.2. The van der Waals surface area contributed by atoms with Gasteiger partial charge in [-0.1, -0.05) is 6.92 Å². The summed E-state index contributed by atoms with van der Waals surface area (Å²) in [6.07, 6.45) is 4.86. The molecule has 1 heterocycles. The van der Waals surface area contributed by atoms with Crippen LogP contribution in [0.25, 0.3) is 0 Å². The van der Waals surface area contributed by atoms with Gasteiger partial charge in [-0.2, -0.15) is 11.8 Å². The molecule has 5 atom stereocenters. The summed E-state index contributed by atoms with van der Waals surface area (Å²) < 4.78 is 47.8. The van der Waals surface area contributed by atoms with Crippen molar-refractivity contribution >= 4 is 69.0 Å². The van der Waals surface area contributed by atoms with Crippen LogP contribution in [0.1, 0.15) is 71.6 Å². The summed E-state index contributed by atoms with van der Waals surface area (Å²) in [5, 5.41) is 33.8. The number of esters is 4. The third kappa shape index (κ3) is 45.1. The second-order valence-electron chi connectivity index (χ2n) is 11.7. The van der Waals surface area contributed by atoms with Crippen molar-refractivity contribution in [2.45, 2.75) is 95.8 Å². The molecule has 0 aromatic carbocycles. The van der Waals surface area contributed by atoms with Gasteiger partial charge in [0.05, 0.1) is 12.9 Å². The van der Waals surface area contributed by atoms with E-state index in [0.717, 1.165) is 38.7 Å². The minimum absolute atomic E-state index is 0.0132. The first-order valence-corrected chi connectivity index (χ1v) is 19.4. The number of ether oxygens (including phenoxy) is 4. The van der Waals surface area contributed by atoms with Crippen LogP contribution in [0.5, 0.6) is 0 Å². The molecule has 0 spiro atoms. The number of nitrogens with zero attached hydrogens (tertiary/aromatic N) is 1. The first-order chi connectivity index (χ1) is 27.1. The maximum absolute atomic E-state index is 10.8. The summed E-state index contributed by atoms with van der Waals surface area (Å²) in [7, 11) is 9.50. The van der Waals surface area contributed by atoms with Crippen molar-refractivity contribution in [1.82, 2.24) is 20.9 Å². The molecule has 1 aliphatic heterocycles. The number of aliphatic carboxylic acids is 2. The number of carboxylic acids is 2. The van der Waals surface area contributed by atoms with Crippen LogP contribution in [0.4, 0.5) is 0 Å². The summed E-state index contributed by atoms with van der Waals surface area (Å²) in [5.41, 5.74) is 0. The standard InChI is InChI=1S/C8H16BNO3.C7H12BNO5.C7H14BNO4.C7H13NO2.C4H8O2S/c1-3-7(10-6-9-12)4-5-8(11)13-2;1-14-6(10)3-2-5(7(11)12)9-4-8-13;1-13-7(11)3-2-6(4-10)9-5-8-12;1-8-5-6(8)3-4-7(9)10-2;1-2-7-3-4(5)6/h7,10H,3-6H2,1-2H3;5,9H,2-4H2,1H3,(H,11,12);6,9-10H,2-5H2,1H3;6H,3-5H2,1-2H3;2-3H2,1H3,(H,5,6). The zero-order valence-corrected chi connectivity index (χ0v) is 35.2. The maximum atomic E-state index is 10.8. The summed E-state index contributed by atoms with van der Waals surface area (Å²) in [4.78, 5) is 65.3. The largest absolute Gasteiger partial charge is 0.469 e. The van der Waals surface area contributed by atoms with E-state index in [0.29, 0.717) is 46.0 Å².